The van der Waals surface area contributed by atoms with E-state index in [1.54, 1.807) is 24.4 Å². The normalized spacial score (nSPS) is 10.2. The van der Waals surface area contributed by atoms with Gasteiger partial charge in [0.1, 0.15) is 5.82 Å². The lowest BCUT2D eigenvalue weighted by Gasteiger charge is -2.05. The lowest BCUT2D eigenvalue weighted by Crippen LogP contribution is -2.15. The summed E-state index contributed by atoms with van der Waals surface area (Å²) >= 11 is 5.79. The molecule has 0 spiro atoms. The van der Waals surface area contributed by atoms with Gasteiger partial charge in [-0.1, -0.05) is 29.8 Å². The number of hydrogen-bond acceptors (Lipinski definition) is 3. The van der Waals surface area contributed by atoms with Crippen LogP contribution < -0.4 is 11.1 Å². The first-order valence-electron chi connectivity index (χ1n) is 5.86. The third-order valence-corrected chi connectivity index (χ3v) is 2.86. The van der Waals surface area contributed by atoms with Crippen molar-refractivity contribution < 1.29 is 4.79 Å². The summed E-state index contributed by atoms with van der Waals surface area (Å²) < 4.78 is 0. The first-order valence-corrected chi connectivity index (χ1v) is 6.24. The second-order valence-corrected chi connectivity index (χ2v) is 4.54. The van der Waals surface area contributed by atoms with Crippen molar-refractivity contribution in [2.45, 2.75) is 13.0 Å². The number of nitrogens with two attached hydrogens (primary N) is 1. The van der Waals surface area contributed by atoms with Gasteiger partial charge >= 0.3 is 0 Å². The zero-order chi connectivity index (χ0) is 13.7. The molecule has 0 radical (unpaired) electrons. The summed E-state index contributed by atoms with van der Waals surface area (Å²) in [6.45, 7) is 0.437. The van der Waals surface area contributed by atoms with Gasteiger partial charge in [-0.2, -0.15) is 0 Å². The van der Waals surface area contributed by atoms with Crippen molar-refractivity contribution in [2.24, 2.45) is 5.73 Å². The number of rotatable bonds is 4. The molecule has 1 amide bonds. The molecule has 0 fully saturated rings. The van der Waals surface area contributed by atoms with E-state index in [9.17, 15) is 4.79 Å². The van der Waals surface area contributed by atoms with Gasteiger partial charge in [0.25, 0.3) is 0 Å². The fourth-order valence-electron chi connectivity index (χ4n) is 1.59. The van der Waals surface area contributed by atoms with Gasteiger partial charge < -0.3 is 11.1 Å². The Kier molecular flexibility index (Phi) is 4.49. The predicted molar refractivity (Wildman–Crippen MR) is 75.9 cm³/mol. The van der Waals surface area contributed by atoms with Gasteiger partial charge in [-0.25, -0.2) is 4.98 Å². The molecular formula is C14H14ClN3O. The zero-order valence-electron chi connectivity index (χ0n) is 10.3. The topological polar surface area (TPSA) is 68.0 Å². The van der Waals surface area contributed by atoms with Crippen molar-refractivity contribution in [3.8, 4) is 0 Å². The maximum absolute atomic E-state index is 11.8. The SMILES string of the molecule is NCc1ccc(NC(=O)Cc2ccc(Cl)cc2)nc1. The molecule has 19 heavy (non-hydrogen) atoms. The van der Waals surface area contributed by atoms with Crippen LogP contribution in [0.15, 0.2) is 42.6 Å². The number of anilines is 1. The van der Waals surface area contributed by atoms with E-state index in [1.165, 1.54) is 0 Å². The van der Waals surface area contributed by atoms with Crippen molar-refractivity contribution >= 4 is 23.3 Å². The molecule has 4 nitrogen and oxygen atoms in total. The van der Waals surface area contributed by atoms with Crippen LogP contribution in [-0.4, -0.2) is 10.9 Å². The summed E-state index contributed by atoms with van der Waals surface area (Å²) in [4.78, 5) is 15.9. The Morgan fingerprint density at radius 2 is 1.84 bits per heavy atom. The minimum absolute atomic E-state index is 0.115. The zero-order valence-corrected chi connectivity index (χ0v) is 11.0. The Hall–Kier alpha value is -1.91. The minimum atomic E-state index is -0.115. The number of hydrogen-bond donors (Lipinski definition) is 2. The van der Waals surface area contributed by atoms with E-state index in [-0.39, 0.29) is 12.3 Å². The highest BCUT2D eigenvalue weighted by atomic mass is 35.5. The van der Waals surface area contributed by atoms with Crippen LogP contribution in [0, 0.1) is 0 Å². The summed E-state index contributed by atoms with van der Waals surface area (Å²) in [5.41, 5.74) is 7.31. The van der Waals surface area contributed by atoms with Crippen molar-refractivity contribution in [3.63, 3.8) is 0 Å². The van der Waals surface area contributed by atoms with Gasteiger partial charge in [0.05, 0.1) is 6.42 Å². The highest BCUT2D eigenvalue weighted by Gasteiger charge is 2.05. The Morgan fingerprint density at radius 1 is 1.16 bits per heavy atom. The molecule has 1 aromatic heterocycles. The van der Waals surface area contributed by atoms with E-state index in [4.69, 9.17) is 17.3 Å². The Bertz CT molecular complexity index is 552. The maximum atomic E-state index is 11.8. The smallest absolute Gasteiger partial charge is 0.229 e. The summed E-state index contributed by atoms with van der Waals surface area (Å²) in [6.07, 6.45) is 1.94. The second-order valence-electron chi connectivity index (χ2n) is 4.11. The monoisotopic (exact) mass is 275 g/mol. The second kappa shape index (κ2) is 6.31. The Balaban J connectivity index is 1.95. The first kappa shape index (κ1) is 13.5. The van der Waals surface area contributed by atoms with Crippen LogP contribution >= 0.6 is 11.6 Å². The summed E-state index contributed by atoms with van der Waals surface area (Å²) in [7, 11) is 0. The summed E-state index contributed by atoms with van der Waals surface area (Å²) in [5, 5.41) is 3.39. The van der Waals surface area contributed by atoms with Crippen LogP contribution in [0.25, 0.3) is 0 Å². The molecule has 0 aliphatic carbocycles. The highest BCUT2D eigenvalue weighted by Crippen LogP contribution is 2.11. The van der Waals surface area contributed by atoms with Crippen LogP contribution in [0.3, 0.4) is 0 Å². The largest absolute Gasteiger partial charge is 0.326 e. The molecule has 3 N–H and O–H groups in total. The molecule has 0 atom stereocenters. The number of aromatic nitrogens is 1. The number of nitrogens with zero attached hydrogens (tertiary/aromatic N) is 1. The fourth-order valence-corrected chi connectivity index (χ4v) is 1.72. The van der Waals surface area contributed by atoms with Crippen LogP contribution in [0.5, 0.6) is 0 Å². The quantitative estimate of drug-likeness (QED) is 0.900. The summed E-state index contributed by atoms with van der Waals surface area (Å²) in [6, 6.07) is 10.8. The standard InChI is InChI=1S/C14H14ClN3O/c15-12-4-1-10(2-5-12)7-14(19)18-13-6-3-11(8-16)9-17-13/h1-6,9H,7-8,16H2,(H,17,18,19). The highest BCUT2D eigenvalue weighted by molar-refractivity contribution is 6.30. The van der Waals surface area contributed by atoms with E-state index in [0.29, 0.717) is 17.4 Å². The first-order chi connectivity index (χ1) is 9.17. The number of benzene rings is 1. The van der Waals surface area contributed by atoms with Gasteiger partial charge in [-0.3, -0.25) is 4.79 Å². The summed E-state index contributed by atoms with van der Waals surface area (Å²) in [5.74, 6) is 0.409. The van der Waals surface area contributed by atoms with E-state index in [2.05, 4.69) is 10.3 Å². The number of amides is 1. The molecule has 0 aliphatic rings. The Labute approximate surface area is 116 Å². The van der Waals surface area contributed by atoms with Crippen LogP contribution in [0.4, 0.5) is 5.82 Å². The van der Waals surface area contributed by atoms with Gasteiger partial charge in [-0.05, 0) is 29.3 Å². The van der Waals surface area contributed by atoms with Crippen LogP contribution in [0.2, 0.25) is 5.02 Å². The molecule has 1 heterocycles. The number of carbonyl (C=O) groups excluding carboxylic acids is 1. The third kappa shape index (κ3) is 4.05. The number of carbonyl (C=O) groups is 1. The maximum Gasteiger partial charge on any atom is 0.229 e. The van der Waals surface area contributed by atoms with Crippen molar-refractivity contribution in [1.82, 2.24) is 4.98 Å². The van der Waals surface area contributed by atoms with E-state index >= 15 is 0 Å². The lowest BCUT2D eigenvalue weighted by molar-refractivity contribution is -0.115. The van der Waals surface area contributed by atoms with Crippen molar-refractivity contribution in [3.05, 3.63) is 58.7 Å². The number of halogens is 1. The molecule has 0 aliphatic heterocycles. The lowest BCUT2D eigenvalue weighted by atomic mass is 10.1. The van der Waals surface area contributed by atoms with E-state index < -0.39 is 0 Å². The molecule has 0 saturated carbocycles. The van der Waals surface area contributed by atoms with Crippen molar-refractivity contribution in [2.75, 3.05) is 5.32 Å². The average molecular weight is 276 g/mol. The van der Waals surface area contributed by atoms with Gasteiger partial charge in [0.15, 0.2) is 0 Å². The van der Waals surface area contributed by atoms with Gasteiger partial charge in [0, 0.05) is 17.8 Å². The molecule has 0 unspecified atom stereocenters. The van der Waals surface area contributed by atoms with E-state index in [1.807, 2.05) is 18.2 Å². The van der Waals surface area contributed by atoms with Gasteiger partial charge in [-0.15, -0.1) is 0 Å². The number of pyridine rings is 1. The fraction of sp³-hybridized carbons (Fsp3) is 0.143. The molecule has 1 aromatic carbocycles. The number of nitrogens with one attached hydrogen (secondary N) is 1. The minimum Gasteiger partial charge on any atom is -0.326 e. The van der Waals surface area contributed by atoms with Gasteiger partial charge in [0.2, 0.25) is 5.91 Å². The molecule has 98 valence electrons. The molecular weight excluding hydrogens is 262 g/mol. The Morgan fingerprint density at radius 3 is 2.42 bits per heavy atom. The van der Waals surface area contributed by atoms with E-state index in [0.717, 1.165) is 11.1 Å². The predicted octanol–water partition coefficient (Wildman–Crippen LogP) is 2.37. The molecule has 0 bridgehead atoms. The van der Waals surface area contributed by atoms with Crippen LogP contribution in [0.1, 0.15) is 11.1 Å². The molecule has 0 saturated heterocycles. The van der Waals surface area contributed by atoms with Crippen molar-refractivity contribution in [1.29, 1.82) is 0 Å². The molecule has 5 heteroatoms. The average Bonchev–Trinajstić information content (AvgIpc) is 2.42. The molecule has 2 aromatic rings. The van der Waals surface area contributed by atoms with Crippen LogP contribution in [-0.2, 0) is 17.8 Å². The molecule has 2 rings (SSSR count). The third-order valence-electron chi connectivity index (χ3n) is 2.61.